The molecule has 0 saturated carbocycles. The van der Waals surface area contributed by atoms with Gasteiger partial charge in [-0.25, -0.2) is 9.18 Å². The van der Waals surface area contributed by atoms with Gasteiger partial charge in [-0.15, -0.1) is 0 Å². The highest BCUT2D eigenvalue weighted by Gasteiger charge is 2.23. The van der Waals surface area contributed by atoms with Gasteiger partial charge in [0.05, 0.1) is 23.0 Å². The second-order valence-electron chi connectivity index (χ2n) is 4.71. The number of aromatic carboxylic acids is 1. The van der Waals surface area contributed by atoms with E-state index in [1.54, 1.807) is 0 Å². The number of carboxylic acids is 1. The Labute approximate surface area is 110 Å². The fraction of sp³-hybridized carbons (Fsp3) is 0.462. The van der Waals surface area contributed by atoms with E-state index in [1.165, 1.54) is 0 Å². The van der Waals surface area contributed by atoms with Gasteiger partial charge < -0.3 is 20.9 Å². The third-order valence-corrected chi connectivity index (χ3v) is 3.28. The van der Waals surface area contributed by atoms with Crippen molar-refractivity contribution in [2.45, 2.75) is 31.9 Å². The highest BCUT2D eigenvalue weighted by Crippen LogP contribution is 2.26. The monoisotopic (exact) mass is 268 g/mol. The van der Waals surface area contributed by atoms with E-state index in [0.717, 1.165) is 31.6 Å². The van der Waals surface area contributed by atoms with Crippen molar-refractivity contribution in [3.8, 4) is 0 Å². The van der Waals surface area contributed by atoms with E-state index in [2.05, 4.69) is 5.32 Å². The molecular formula is C13H17FN2O3. The van der Waals surface area contributed by atoms with Gasteiger partial charge in [-0.05, 0) is 31.9 Å². The number of rotatable bonds is 4. The number of hydrogen-bond donors (Lipinski definition) is 3. The summed E-state index contributed by atoms with van der Waals surface area (Å²) in [7, 11) is 0. The van der Waals surface area contributed by atoms with Crippen molar-refractivity contribution in [2.24, 2.45) is 0 Å². The largest absolute Gasteiger partial charge is 0.478 e. The first-order chi connectivity index (χ1) is 8.99. The number of halogens is 1. The predicted octanol–water partition coefficient (Wildman–Crippen LogP) is 2.09. The molecular weight excluding hydrogens is 251 g/mol. The van der Waals surface area contributed by atoms with Crippen LogP contribution in [0.15, 0.2) is 12.1 Å². The SMILES string of the molecule is CC(Nc1cc(F)c(C(=O)O)cc1N)C1CCCO1. The Morgan fingerprint density at radius 3 is 2.95 bits per heavy atom. The molecule has 1 aliphatic rings. The van der Waals surface area contributed by atoms with Crippen LogP contribution in [-0.2, 0) is 4.74 Å². The molecule has 1 fully saturated rings. The normalized spacial score (nSPS) is 20.2. The molecule has 0 amide bonds. The van der Waals surface area contributed by atoms with Crippen LogP contribution < -0.4 is 11.1 Å². The molecule has 6 heteroatoms. The molecule has 0 spiro atoms. The summed E-state index contributed by atoms with van der Waals surface area (Å²) in [5.41, 5.74) is 5.92. The number of hydrogen-bond acceptors (Lipinski definition) is 4. The number of carboxylic acid groups (broad SMARTS) is 1. The van der Waals surface area contributed by atoms with E-state index in [9.17, 15) is 9.18 Å². The number of nitrogen functional groups attached to an aromatic ring is 1. The van der Waals surface area contributed by atoms with Crippen LogP contribution in [0.25, 0.3) is 0 Å². The van der Waals surface area contributed by atoms with Gasteiger partial charge in [0.2, 0.25) is 0 Å². The van der Waals surface area contributed by atoms with E-state index in [1.807, 2.05) is 6.92 Å². The van der Waals surface area contributed by atoms with Crippen LogP contribution in [0.4, 0.5) is 15.8 Å². The Hall–Kier alpha value is -1.82. The summed E-state index contributed by atoms with van der Waals surface area (Å²) in [6, 6.07) is 2.23. The summed E-state index contributed by atoms with van der Waals surface area (Å²) in [5, 5.41) is 11.9. The van der Waals surface area contributed by atoms with Crippen molar-refractivity contribution < 1.29 is 19.0 Å². The molecule has 2 unspecified atom stereocenters. The molecule has 0 aromatic heterocycles. The predicted molar refractivity (Wildman–Crippen MR) is 69.8 cm³/mol. The first-order valence-corrected chi connectivity index (χ1v) is 6.19. The number of nitrogens with one attached hydrogen (secondary N) is 1. The Morgan fingerprint density at radius 2 is 2.37 bits per heavy atom. The first kappa shape index (κ1) is 13.6. The molecule has 1 aromatic carbocycles. The van der Waals surface area contributed by atoms with Crippen molar-refractivity contribution in [1.29, 1.82) is 0 Å². The van der Waals surface area contributed by atoms with E-state index in [-0.39, 0.29) is 17.8 Å². The smallest absolute Gasteiger partial charge is 0.338 e. The molecule has 0 aliphatic carbocycles. The maximum absolute atomic E-state index is 13.6. The molecule has 104 valence electrons. The fourth-order valence-corrected chi connectivity index (χ4v) is 2.21. The van der Waals surface area contributed by atoms with E-state index >= 15 is 0 Å². The van der Waals surface area contributed by atoms with Crippen LogP contribution in [-0.4, -0.2) is 29.8 Å². The van der Waals surface area contributed by atoms with Gasteiger partial charge in [-0.1, -0.05) is 0 Å². The molecule has 1 aromatic rings. The highest BCUT2D eigenvalue weighted by molar-refractivity contribution is 5.90. The minimum absolute atomic E-state index is 0.0140. The maximum Gasteiger partial charge on any atom is 0.338 e. The second-order valence-corrected chi connectivity index (χ2v) is 4.71. The lowest BCUT2D eigenvalue weighted by Crippen LogP contribution is -2.30. The van der Waals surface area contributed by atoms with Crippen LogP contribution in [0, 0.1) is 5.82 Å². The standard InChI is InChI=1S/C13H17FN2O3/c1-7(12-3-2-4-19-12)16-11-6-9(14)8(13(17)18)5-10(11)15/h5-7,12,16H,2-4,15H2,1H3,(H,17,18). The van der Waals surface area contributed by atoms with Crippen LogP contribution in [0.3, 0.4) is 0 Å². The lowest BCUT2D eigenvalue weighted by atomic mass is 10.1. The van der Waals surface area contributed by atoms with Crippen molar-refractivity contribution in [3.63, 3.8) is 0 Å². The van der Waals surface area contributed by atoms with Crippen LogP contribution in [0.1, 0.15) is 30.1 Å². The quantitative estimate of drug-likeness (QED) is 0.728. The Bertz CT molecular complexity index is 487. The zero-order valence-corrected chi connectivity index (χ0v) is 10.6. The Balaban J connectivity index is 2.16. The third kappa shape index (κ3) is 2.96. The molecule has 2 rings (SSSR count). The van der Waals surface area contributed by atoms with E-state index in [4.69, 9.17) is 15.6 Å². The van der Waals surface area contributed by atoms with Crippen LogP contribution in [0.2, 0.25) is 0 Å². The zero-order chi connectivity index (χ0) is 14.0. The third-order valence-electron chi connectivity index (χ3n) is 3.28. The van der Waals surface area contributed by atoms with Crippen molar-refractivity contribution in [2.75, 3.05) is 17.7 Å². The second kappa shape index (κ2) is 5.44. The highest BCUT2D eigenvalue weighted by atomic mass is 19.1. The van der Waals surface area contributed by atoms with Gasteiger partial charge >= 0.3 is 5.97 Å². The molecule has 4 N–H and O–H groups in total. The number of benzene rings is 1. The van der Waals surface area contributed by atoms with Crippen molar-refractivity contribution in [3.05, 3.63) is 23.5 Å². The van der Waals surface area contributed by atoms with Crippen LogP contribution in [0.5, 0.6) is 0 Å². The molecule has 0 radical (unpaired) electrons. The minimum atomic E-state index is -1.33. The summed E-state index contributed by atoms with van der Waals surface area (Å²) in [6.45, 7) is 2.66. The molecule has 19 heavy (non-hydrogen) atoms. The first-order valence-electron chi connectivity index (χ1n) is 6.19. The van der Waals surface area contributed by atoms with Crippen molar-refractivity contribution in [1.82, 2.24) is 0 Å². The van der Waals surface area contributed by atoms with Crippen LogP contribution >= 0.6 is 0 Å². The van der Waals surface area contributed by atoms with Gasteiger partial charge in [0.25, 0.3) is 0 Å². The fourth-order valence-electron chi connectivity index (χ4n) is 2.21. The van der Waals surface area contributed by atoms with Gasteiger partial charge in [0.15, 0.2) is 0 Å². The summed E-state index contributed by atoms with van der Waals surface area (Å²) in [6.07, 6.45) is 2.03. The minimum Gasteiger partial charge on any atom is -0.478 e. The average molecular weight is 268 g/mol. The molecule has 1 heterocycles. The summed E-state index contributed by atoms with van der Waals surface area (Å²) < 4.78 is 19.1. The van der Waals surface area contributed by atoms with Gasteiger partial charge in [-0.2, -0.15) is 0 Å². The average Bonchev–Trinajstić information content (AvgIpc) is 2.86. The number of anilines is 2. The molecule has 5 nitrogen and oxygen atoms in total. The lowest BCUT2D eigenvalue weighted by Gasteiger charge is -2.22. The van der Waals surface area contributed by atoms with Gasteiger partial charge in [-0.3, -0.25) is 0 Å². The van der Waals surface area contributed by atoms with Gasteiger partial charge in [0.1, 0.15) is 5.82 Å². The number of ether oxygens (including phenoxy) is 1. The zero-order valence-electron chi connectivity index (χ0n) is 10.6. The lowest BCUT2D eigenvalue weighted by molar-refractivity contribution is 0.0692. The Kier molecular flexibility index (Phi) is 3.90. The summed E-state index contributed by atoms with van der Waals surface area (Å²) in [4.78, 5) is 10.8. The van der Waals surface area contributed by atoms with E-state index in [0.29, 0.717) is 5.69 Å². The van der Waals surface area contributed by atoms with E-state index < -0.39 is 17.3 Å². The number of carbonyl (C=O) groups is 1. The van der Waals surface area contributed by atoms with Gasteiger partial charge in [0, 0.05) is 12.6 Å². The summed E-state index contributed by atoms with van der Waals surface area (Å²) >= 11 is 0. The maximum atomic E-state index is 13.6. The number of nitrogens with two attached hydrogens (primary N) is 1. The summed E-state index contributed by atoms with van der Waals surface area (Å²) in [5.74, 6) is -2.13. The molecule has 2 atom stereocenters. The molecule has 1 saturated heterocycles. The van der Waals surface area contributed by atoms with Crippen molar-refractivity contribution >= 4 is 17.3 Å². The molecule has 0 bridgehead atoms. The molecule has 1 aliphatic heterocycles. The topological polar surface area (TPSA) is 84.6 Å². The Morgan fingerprint density at radius 1 is 1.63 bits per heavy atom.